The Kier molecular flexibility index (Phi) is 15.8. The summed E-state index contributed by atoms with van der Waals surface area (Å²) in [5, 5.41) is 19.8. The fourth-order valence-corrected chi connectivity index (χ4v) is 5.62. The van der Waals surface area contributed by atoms with Crippen LogP contribution in [0.5, 0.6) is 0 Å². The third kappa shape index (κ3) is 15.8. The Morgan fingerprint density at radius 3 is 1.59 bits per heavy atom. The highest BCUT2D eigenvalue weighted by Gasteiger charge is 2.34. The number of carbonyl (C=O) groups excluding carboxylic acids is 4. The van der Waals surface area contributed by atoms with Gasteiger partial charge < -0.3 is 31.2 Å². The van der Waals surface area contributed by atoms with Gasteiger partial charge in [0.15, 0.2) is 4.46 Å². The van der Waals surface area contributed by atoms with Crippen LogP contribution in [0.15, 0.2) is 25.0 Å². The summed E-state index contributed by atoms with van der Waals surface area (Å²) in [7, 11) is 0. The average molecular weight is 726 g/mol. The maximum Gasteiger partial charge on any atom is 0.229 e. The van der Waals surface area contributed by atoms with E-state index in [-0.39, 0.29) is 48.6 Å². The Bertz CT molecular complexity index is 1140. The quantitative estimate of drug-likeness (QED) is 0.0668. The van der Waals surface area contributed by atoms with Crippen LogP contribution in [0.1, 0.15) is 49.9 Å². The molecule has 2 aromatic rings. The number of rotatable bonds is 16. The third-order valence-corrected chi connectivity index (χ3v) is 8.07. The molecule has 2 fully saturated rings. The molecule has 2 aromatic heterocycles. The predicted octanol–water partition coefficient (Wildman–Crippen LogP) is 0.463. The van der Waals surface area contributed by atoms with Gasteiger partial charge in [-0.05, 0) is 25.7 Å². The standard InChI is InChI=1S/C14H23Cl4N5O2.C13H18N6O2/c15-13(16)4-1-9(22-13)2-5-19-11(24)7-12(25)20-6-3-10-8-21-14(17,18)23-10;20-12(16-3-1-10-6-14-8-18-10)5-13(21)17-4-2-11-7-15-9-19-11/h9-10,21-23H,1-8H2,(H,19,24)(H,20,25);6-9H,1-5H2,(H,14,18)(H,15,19)(H,16,20)(H,17,21). The molecular weight excluding hydrogens is 684 g/mol. The number of aromatic nitrogens is 4. The second kappa shape index (κ2) is 19.2. The first-order valence-corrected chi connectivity index (χ1v) is 16.5. The molecule has 4 heterocycles. The van der Waals surface area contributed by atoms with Crippen LogP contribution in [-0.2, 0) is 32.0 Å². The van der Waals surface area contributed by atoms with Crippen molar-refractivity contribution in [2.45, 2.75) is 72.5 Å². The van der Waals surface area contributed by atoms with E-state index in [0.717, 1.165) is 17.8 Å². The molecule has 4 rings (SSSR count). The molecule has 0 radical (unpaired) electrons. The van der Waals surface area contributed by atoms with Gasteiger partial charge in [-0.2, -0.15) is 0 Å². The van der Waals surface area contributed by atoms with Crippen molar-refractivity contribution < 1.29 is 19.2 Å². The van der Waals surface area contributed by atoms with Crippen LogP contribution >= 0.6 is 46.4 Å². The van der Waals surface area contributed by atoms with Crippen molar-refractivity contribution in [2.24, 2.45) is 0 Å². The lowest BCUT2D eigenvalue weighted by atomic mass is 10.1. The van der Waals surface area contributed by atoms with E-state index in [4.69, 9.17) is 46.4 Å². The van der Waals surface area contributed by atoms with E-state index in [0.29, 0.717) is 64.8 Å². The summed E-state index contributed by atoms with van der Waals surface area (Å²) in [6.45, 7) is 2.48. The highest BCUT2D eigenvalue weighted by Crippen LogP contribution is 2.32. The van der Waals surface area contributed by atoms with Gasteiger partial charge in [-0.1, -0.05) is 46.4 Å². The van der Waals surface area contributed by atoms with Gasteiger partial charge in [0.25, 0.3) is 0 Å². The summed E-state index contributed by atoms with van der Waals surface area (Å²) >= 11 is 23.7. The summed E-state index contributed by atoms with van der Waals surface area (Å²) in [6, 6.07) is 0.242. The minimum Gasteiger partial charge on any atom is -0.356 e. The summed E-state index contributed by atoms with van der Waals surface area (Å²) in [6.07, 6.45) is 10.5. The first kappa shape index (κ1) is 37.8. The minimum absolute atomic E-state index is 0.0685. The van der Waals surface area contributed by atoms with Gasteiger partial charge in [0.05, 0.1) is 12.7 Å². The summed E-state index contributed by atoms with van der Waals surface area (Å²) < 4.78 is -1.99. The zero-order chi connectivity index (χ0) is 33.4. The van der Waals surface area contributed by atoms with Crippen LogP contribution in [0, 0.1) is 0 Å². The number of nitrogens with one attached hydrogen (secondary N) is 9. The number of aromatic amines is 2. The Labute approximate surface area is 287 Å². The van der Waals surface area contributed by atoms with Crippen LogP contribution in [0.2, 0.25) is 0 Å². The molecular formula is C27H41Cl4N11O4. The lowest BCUT2D eigenvalue weighted by Gasteiger charge is -2.16. The van der Waals surface area contributed by atoms with Gasteiger partial charge in [-0.25, -0.2) is 9.97 Å². The number of H-pyrrole nitrogens is 2. The highest BCUT2D eigenvalue weighted by atomic mass is 35.5. The van der Waals surface area contributed by atoms with Crippen molar-refractivity contribution in [3.8, 4) is 0 Å². The van der Waals surface area contributed by atoms with Gasteiger partial charge in [0.1, 0.15) is 12.8 Å². The number of imidazole rings is 2. The van der Waals surface area contributed by atoms with Gasteiger partial charge in [-0.15, -0.1) is 0 Å². The normalized spacial score (nSPS) is 19.5. The second-order valence-electron chi connectivity index (χ2n) is 10.9. The van der Waals surface area contributed by atoms with E-state index in [9.17, 15) is 19.2 Å². The molecule has 4 amide bonds. The van der Waals surface area contributed by atoms with Crippen LogP contribution in [0.4, 0.5) is 0 Å². The van der Waals surface area contributed by atoms with Crippen LogP contribution in [0.25, 0.3) is 0 Å². The smallest absolute Gasteiger partial charge is 0.229 e. The molecule has 2 aliphatic rings. The lowest BCUT2D eigenvalue weighted by Crippen LogP contribution is -2.40. The number of hydrogen-bond donors (Lipinski definition) is 9. The molecule has 2 atom stereocenters. The average Bonchev–Trinajstić information content (AvgIpc) is 3.79. The van der Waals surface area contributed by atoms with Crippen molar-refractivity contribution in [1.29, 1.82) is 0 Å². The second-order valence-corrected chi connectivity index (χ2v) is 13.7. The van der Waals surface area contributed by atoms with E-state index in [1.807, 2.05) is 0 Å². The topological polar surface area (TPSA) is 210 Å². The van der Waals surface area contributed by atoms with Crippen LogP contribution < -0.4 is 37.2 Å². The van der Waals surface area contributed by atoms with Gasteiger partial charge in [-0.3, -0.25) is 35.1 Å². The number of carbonyl (C=O) groups is 4. The summed E-state index contributed by atoms with van der Waals surface area (Å²) in [5.41, 5.74) is 1.89. The van der Waals surface area contributed by atoms with E-state index in [2.05, 4.69) is 57.2 Å². The number of amides is 4. The molecule has 0 saturated carbocycles. The Morgan fingerprint density at radius 2 is 1.20 bits per heavy atom. The van der Waals surface area contributed by atoms with Crippen LogP contribution in [0.3, 0.4) is 0 Å². The zero-order valence-electron chi connectivity index (χ0n) is 25.2. The minimum atomic E-state index is -1.12. The van der Waals surface area contributed by atoms with E-state index in [1.165, 1.54) is 0 Å². The van der Waals surface area contributed by atoms with Crippen molar-refractivity contribution in [1.82, 2.24) is 57.2 Å². The maximum atomic E-state index is 11.8. The monoisotopic (exact) mass is 723 g/mol. The fourth-order valence-electron chi connectivity index (χ4n) is 4.63. The van der Waals surface area contributed by atoms with Crippen LogP contribution in [-0.4, -0.2) is 97.4 Å². The number of nitrogens with zero attached hydrogens (tertiary/aromatic N) is 2. The molecule has 9 N–H and O–H groups in total. The van der Waals surface area contributed by atoms with E-state index < -0.39 is 9.04 Å². The van der Waals surface area contributed by atoms with E-state index in [1.54, 1.807) is 25.0 Å². The lowest BCUT2D eigenvalue weighted by molar-refractivity contribution is -0.130. The largest absolute Gasteiger partial charge is 0.356 e. The number of alkyl halides is 4. The maximum absolute atomic E-state index is 11.8. The number of halogens is 4. The number of hydrogen-bond acceptors (Lipinski definition) is 9. The van der Waals surface area contributed by atoms with Gasteiger partial charge in [0, 0.05) is 81.4 Å². The molecule has 46 heavy (non-hydrogen) atoms. The Hall–Kier alpha value is -2.66. The highest BCUT2D eigenvalue weighted by molar-refractivity contribution is 6.48. The molecule has 2 unspecified atom stereocenters. The van der Waals surface area contributed by atoms with Crippen molar-refractivity contribution in [2.75, 3.05) is 32.7 Å². The van der Waals surface area contributed by atoms with E-state index >= 15 is 0 Å². The van der Waals surface area contributed by atoms with Gasteiger partial charge in [0.2, 0.25) is 28.2 Å². The fraction of sp³-hybridized carbons (Fsp3) is 0.630. The summed E-state index contributed by atoms with van der Waals surface area (Å²) in [4.78, 5) is 60.3. The first-order chi connectivity index (χ1) is 21.9. The molecule has 15 nitrogen and oxygen atoms in total. The molecule has 256 valence electrons. The molecule has 2 saturated heterocycles. The van der Waals surface area contributed by atoms with Crippen molar-refractivity contribution in [3.63, 3.8) is 0 Å². The first-order valence-electron chi connectivity index (χ1n) is 15.0. The molecule has 19 heteroatoms. The predicted molar refractivity (Wildman–Crippen MR) is 175 cm³/mol. The van der Waals surface area contributed by atoms with Crippen molar-refractivity contribution in [3.05, 3.63) is 36.4 Å². The Morgan fingerprint density at radius 1 is 0.717 bits per heavy atom. The molecule has 0 aromatic carbocycles. The zero-order valence-corrected chi connectivity index (χ0v) is 28.2. The van der Waals surface area contributed by atoms with Crippen molar-refractivity contribution >= 4 is 70.0 Å². The Balaban J connectivity index is 0.000000254. The molecule has 2 aliphatic heterocycles. The molecule has 0 bridgehead atoms. The summed E-state index contributed by atoms with van der Waals surface area (Å²) in [5.74, 6) is -1.19. The third-order valence-electron chi connectivity index (χ3n) is 6.99. The SMILES string of the molecule is O=C(CC(=O)NCCC1CNC(Cl)(Cl)N1)NCCC1CCC(Cl)(Cl)N1.O=C(CC(=O)NCCc1cnc[nH]1)NCCc1cnc[nH]1. The molecule has 0 aliphatic carbocycles. The molecule has 0 spiro atoms. The van der Waals surface area contributed by atoms with Gasteiger partial charge >= 0.3 is 0 Å².